The molecule has 0 fully saturated rings. The van der Waals surface area contributed by atoms with E-state index in [4.69, 9.17) is 16.9 Å². The van der Waals surface area contributed by atoms with E-state index in [-0.39, 0.29) is 38.0 Å². The van der Waals surface area contributed by atoms with Crippen LogP contribution in [0.15, 0.2) is 29.2 Å². The van der Waals surface area contributed by atoms with Crippen LogP contribution in [0.25, 0.3) is 4.85 Å². The van der Waals surface area contributed by atoms with Gasteiger partial charge in [-0.3, -0.25) is 4.85 Å². The SMILES string of the molecule is [3H]POCC(C)(C)CCCC(CCCC(C)(C)COP)([N+]#[C-])S(=O)(=O)c1ccc(C)cc1. The van der Waals surface area contributed by atoms with Gasteiger partial charge < -0.3 is 9.05 Å². The highest BCUT2D eigenvalue weighted by Gasteiger charge is 2.51. The van der Waals surface area contributed by atoms with Crippen molar-refractivity contribution >= 4 is 28.7 Å². The Morgan fingerprint density at radius 2 is 1.45 bits per heavy atom. The standard InChI is InChI=1S/C23H39NO4P2S/c1-19-9-11-20(12-10-19)31(25,26)23(24-6,15-7-13-21(2,3)17-27-29)16-8-14-22(4,5)18-28-30/h9-12H,7-8,13-18,29-30H2,1-5H3/i29T. The van der Waals surface area contributed by atoms with E-state index in [0.717, 1.165) is 18.4 Å². The Labute approximate surface area is 195 Å². The molecule has 0 spiro atoms. The van der Waals surface area contributed by atoms with E-state index in [0.29, 0.717) is 26.1 Å². The summed E-state index contributed by atoms with van der Waals surface area (Å²) in [5.41, 5.74) is 0.709. The Morgan fingerprint density at radius 1 is 0.968 bits per heavy atom. The van der Waals surface area contributed by atoms with Crippen molar-refractivity contribution in [3.63, 3.8) is 0 Å². The van der Waals surface area contributed by atoms with E-state index in [1.807, 2.05) is 20.8 Å². The molecule has 0 saturated carbocycles. The number of sulfone groups is 1. The number of hydrogen-bond donors (Lipinski definition) is 0. The van der Waals surface area contributed by atoms with Gasteiger partial charge in [0.25, 0.3) is 9.84 Å². The van der Waals surface area contributed by atoms with Gasteiger partial charge in [0.2, 0.25) is 0 Å². The van der Waals surface area contributed by atoms with Crippen LogP contribution in [0, 0.1) is 24.3 Å². The molecule has 5 nitrogen and oxygen atoms in total. The van der Waals surface area contributed by atoms with E-state index < -0.39 is 14.7 Å². The van der Waals surface area contributed by atoms with Crippen LogP contribution >= 0.6 is 18.9 Å². The zero-order chi connectivity index (χ0) is 24.5. The average Bonchev–Trinajstić information content (AvgIpc) is 2.71. The summed E-state index contributed by atoms with van der Waals surface area (Å²) in [4.78, 5) is 2.52. The molecule has 0 N–H and O–H groups in total. The molecular formula is C23H39NO4P2S. The van der Waals surface area contributed by atoms with Crippen molar-refractivity contribution < 1.29 is 17.5 Å². The van der Waals surface area contributed by atoms with Gasteiger partial charge in [-0.15, -0.1) is 0 Å². The molecule has 31 heavy (non-hydrogen) atoms. The zero-order valence-electron chi connectivity index (χ0n) is 20.5. The number of aryl methyl sites for hydroxylation is 1. The van der Waals surface area contributed by atoms with Crippen LogP contribution in [0.2, 0.25) is 0 Å². The van der Waals surface area contributed by atoms with Gasteiger partial charge in [-0.25, -0.2) is 15.0 Å². The number of hydrogen-bond acceptors (Lipinski definition) is 4. The second-order valence-corrected chi connectivity index (χ2v) is 12.9. The van der Waals surface area contributed by atoms with Crippen LogP contribution in [0.4, 0.5) is 0 Å². The van der Waals surface area contributed by atoms with Crippen LogP contribution in [-0.2, 0) is 18.9 Å². The minimum Gasteiger partial charge on any atom is -0.365 e. The third kappa shape index (κ3) is 8.38. The molecule has 0 amide bonds. The predicted molar refractivity (Wildman–Crippen MR) is 134 cm³/mol. The highest BCUT2D eigenvalue weighted by molar-refractivity contribution is 7.93. The number of benzene rings is 1. The molecule has 8 heteroatoms. The molecule has 0 radical (unpaired) electrons. The molecular weight excluding hydrogens is 448 g/mol. The molecule has 0 heterocycles. The molecule has 3 atom stereocenters. The largest absolute Gasteiger partial charge is 0.365 e. The van der Waals surface area contributed by atoms with Crippen LogP contribution in [0.5, 0.6) is 0 Å². The summed E-state index contributed by atoms with van der Waals surface area (Å²) in [7, 11) is -1.90. The van der Waals surface area contributed by atoms with Gasteiger partial charge in [-0.1, -0.05) is 45.4 Å². The van der Waals surface area contributed by atoms with Crippen LogP contribution in [0.1, 0.15) is 71.8 Å². The summed E-state index contributed by atoms with van der Waals surface area (Å²) in [5, 5.41) is 0. The van der Waals surface area contributed by atoms with Crippen molar-refractivity contribution in [3.8, 4) is 0 Å². The summed E-state index contributed by atoms with van der Waals surface area (Å²) in [6, 6.07) is 6.79. The lowest BCUT2D eigenvalue weighted by atomic mass is 9.85. The lowest BCUT2D eigenvalue weighted by Crippen LogP contribution is -2.36. The topological polar surface area (TPSA) is 57.0 Å². The summed E-state index contributed by atoms with van der Waals surface area (Å²) in [6.07, 6.45) is 3.29. The van der Waals surface area contributed by atoms with Gasteiger partial charge >= 0.3 is 4.87 Å². The average molecular weight is 490 g/mol. The van der Waals surface area contributed by atoms with Gasteiger partial charge in [0.1, 0.15) is 0 Å². The summed E-state index contributed by atoms with van der Waals surface area (Å²) < 4.78 is 45.1. The smallest absolute Gasteiger partial charge is 0.333 e. The van der Waals surface area contributed by atoms with E-state index in [1.54, 1.807) is 24.3 Å². The Balaban J connectivity index is 3.14. The second-order valence-electron chi connectivity index (χ2n) is 10.0. The molecule has 3 unspecified atom stereocenters. The molecule has 0 aromatic heterocycles. The molecule has 1 aromatic rings. The first-order valence-electron chi connectivity index (χ1n) is 11.1. The Kier molecular flexibility index (Phi) is 10.4. The molecule has 0 saturated heterocycles. The lowest BCUT2D eigenvalue weighted by Gasteiger charge is -2.28. The molecule has 1 aromatic carbocycles. The van der Waals surface area contributed by atoms with E-state index in [2.05, 4.69) is 28.2 Å². The van der Waals surface area contributed by atoms with Gasteiger partial charge in [0.05, 0.1) is 19.4 Å². The van der Waals surface area contributed by atoms with E-state index >= 15 is 0 Å². The first kappa shape index (κ1) is 26.7. The van der Waals surface area contributed by atoms with Gasteiger partial charge in [0, 0.05) is 31.7 Å². The molecule has 0 bridgehead atoms. The minimum absolute atomic E-state index is 0.0977. The molecule has 0 aliphatic carbocycles. The lowest BCUT2D eigenvalue weighted by molar-refractivity contribution is 0.181. The molecule has 176 valence electrons. The summed E-state index contributed by atoms with van der Waals surface area (Å²) >= 11 is 0. The van der Waals surface area contributed by atoms with Crippen molar-refractivity contribution in [3.05, 3.63) is 41.2 Å². The number of nitrogens with zero attached hydrogens (tertiary/aromatic N) is 1. The van der Waals surface area contributed by atoms with Crippen molar-refractivity contribution in [1.29, 1.82) is 1.28 Å². The zero-order valence-corrected chi connectivity index (χ0v) is 22.5. The fraction of sp³-hybridized carbons (Fsp3) is 0.696. The maximum atomic E-state index is 13.7. The minimum atomic E-state index is -3.84. The molecule has 0 aliphatic rings. The monoisotopic (exact) mass is 489 g/mol. The Hall–Kier alpha value is -0.560. The first-order valence-corrected chi connectivity index (χ1v) is 13.0. The summed E-state index contributed by atoms with van der Waals surface area (Å²) in [6.45, 7) is 19.2. The van der Waals surface area contributed by atoms with Gasteiger partial charge in [-0.05, 0) is 55.6 Å². The fourth-order valence-electron chi connectivity index (χ4n) is 3.75. The van der Waals surface area contributed by atoms with Gasteiger partial charge in [0.15, 0.2) is 0 Å². The molecule has 1 rings (SSSR count). The van der Waals surface area contributed by atoms with Crippen LogP contribution in [-0.4, -0.2) is 27.8 Å². The third-order valence-corrected chi connectivity index (χ3v) is 8.52. The quantitative estimate of drug-likeness (QED) is 0.212. The highest BCUT2D eigenvalue weighted by Crippen LogP contribution is 2.40. The van der Waals surface area contributed by atoms with Crippen molar-refractivity contribution in [1.82, 2.24) is 0 Å². The normalized spacial score (nSPS) is 15.6. The highest BCUT2D eigenvalue weighted by atomic mass is 32.2. The Morgan fingerprint density at radius 3 is 1.87 bits per heavy atom. The van der Waals surface area contributed by atoms with Crippen molar-refractivity contribution in [2.24, 2.45) is 10.8 Å². The predicted octanol–water partition coefficient (Wildman–Crippen LogP) is 6.39. The van der Waals surface area contributed by atoms with Crippen molar-refractivity contribution in [2.75, 3.05) is 13.2 Å². The van der Waals surface area contributed by atoms with Crippen LogP contribution < -0.4 is 0 Å². The maximum Gasteiger partial charge on any atom is 0.333 e. The molecule has 0 aliphatic heterocycles. The Bertz CT molecular complexity index is 854. The number of rotatable bonds is 15. The van der Waals surface area contributed by atoms with Crippen LogP contribution in [0.3, 0.4) is 0 Å². The first-order chi connectivity index (χ1) is 14.8. The van der Waals surface area contributed by atoms with E-state index in [1.165, 1.54) is 0 Å². The third-order valence-electron chi connectivity index (χ3n) is 5.81. The van der Waals surface area contributed by atoms with Crippen molar-refractivity contribution in [2.45, 2.75) is 82.9 Å². The maximum absolute atomic E-state index is 13.7. The fourth-order valence-corrected chi connectivity index (χ4v) is 6.48. The van der Waals surface area contributed by atoms with E-state index in [9.17, 15) is 8.42 Å². The second kappa shape index (κ2) is 12.1. The van der Waals surface area contributed by atoms with Gasteiger partial charge in [-0.2, -0.15) is 0 Å². The summed E-state index contributed by atoms with van der Waals surface area (Å²) in [5.74, 6) is 0.